The average Bonchev–Trinajstić information content (AvgIpc) is 2.59. The maximum absolute atomic E-state index is 12.5. The zero-order valence-electron chi connectivity index (χ0n) is 15.3. The van der Waals surface area contributed by atoms with Gasteiger partial charge < -0.3 is 9.47 Å². The van der Waals surface area contributed by atoms with Crippen molar-refractivity contribution in [2.75, 3.05) is 7.11 Å². The number of esters is 1. The highest BCUT2D eigenvalue weighted by Gasteiger charge is 2.23. The number of rotatable bonds is 7. The summed E-state index contributed by atoms with van der Waals surface area (Å²) in [6, 6.07) is 11.5. The first kappa shape index (κ1) is 19.9. The smallest absolute Gasteiger partial charge is 0.338 e. The molecule has 0 aliphatic rings. The lowest BCUT2D eigenvalue weighted by Gasteiger charge is -2.14. The molecule has 0 atom stereocenters. The van der Waals surface area contributed by atoms with Crippen molar-refractivity contribution < 1.29 is 22.7 Å². The molecule has 0 amide bonds. The van der Waals surface area contributed by atoms with Crippen molar-refractivity contribution >= 4 is 16.0 Å². The van der Waals surface area contributed by atoms with E-state index in [4.69, 9.17) is 9.47 Å². The predicted molar refractivity (Wildman–Crippen MR) is 98.8 cm³/mol. The van der Waals surface area contributed by atoms with Gasteiger partial charge in [0.15, 0.2) is 0 Å². The zero-order valence-corrected chi connectivity index (χ0v) is 16.1. The third kappa shape index (κ3) is 4.83. The van der Waals surface area contributed by atoms with E-state index in [0.29, 0.717) is 0 Å². The van der Waals surface area contributed by atoms with E-state index in [1.165, 1.54) is 25.3 Å². The summed E-state index contributed by atoms with van der Waals surface area (Å²) in [6.07, 6.45) is 0. The van der Waals surface area contributed by atoms with Crippen LogP contribution < -0.4 is 9.46 Å². The van der Waals surface area contributed by atoms with Crippen LogP contribution >= 0.6 is 0 Å². The molecule has 0 saturated heterocycles. The fourth-order valence-electron chi connectivity index (χ4n) is 2.39. The van der Waals surface area contributed by atoms with E-state index >= 15 is 0 Å². The lowest BCUT2D eigenvalue weighted by Crippen LogP contribution is -2.30. The standard InChI is InChI=1S/C19H23NO5S/c1-13(2)20-26(22,23)18-11-15(9-10-17(18)24-4)19(21)25-12-16-8-6-5-7-14(16)3/h5-11,13,20H,12H2,1-4H3. The molecule has 1 N–H and O–H groups in total. The molecular weight excluding hydrogens is 354 g/mol. The largest absolute Gasteiger partial charge is 0.495 e. The number of methoxy groups -OCH3 is 1. The van der Waals surface area contributed by atoms with Crippen LogP contribution in [0.25, 0.3) is 0 Å². The second-order valence-electron chi connectivity index (χ2n) is 6.14. The molecule has 0 unspecified atom stereocenters. The minimum Gasteiger partial charge on any atom is -0.495 e. The Hall–Kier alpha value is -2.38. The second kappa shape index (κ2) is 8.33. The van der Waals surface area contributed by atoms with Crippen LogP contribution in [0.4, 0.5) is 0 Å². The first-order chi connectivity index (χ1) is 12.2. The van der Waals surface area contributed by atoms with E-state index in [9.17, 15) is 13.2 Å². The van der Waals surface area contributed by atoms with Crippen molar-refractivity contribution in [2.24, 2.45) is 0 Å². The Morgan fingerprint density at radius 3 is 2.46 bits per heavy atom. The minimum absolute atomic E-state index is 0.0981. The molecule has 0 aromatic heterocycles. The van der Waals surface area contributed by atoms with Gasteiger partial charge in [0, 0.05) is 6.04 Å². The Labute approximate surface area is 154 Å². The monoisotopic (exact) mass is 377 g/mol. The van der Waals surface area contributed by atoms with Crippen LogP contribution in [0.1, 0.15) is 35.3 Å². The van der Waals surface area contributed by atoms with Crippen LogP contribution in [0.5, 0.6) is 5.75 Å². The molecule has 0 radical (unpaired) electrons. The lowest BCUT2D eigenvalue weighted by atomic mass is 10.1. The van der Waals surface area contributed by atoms with Gasteiger partial charge in [-0.3, -0.25) is 0 Å². The first-order valence-electron chi connectivity index (χ1n) is 8.16. The number of carbonyl (C=O) groups excluding carboxylic acids is 1. The SMILES string of the molecule is COc1ccc(C(=O)OCc2ccccc2C)cc1S(=O)(=O)NC(C)C. The number of hydrogen-bond donors (Lipinski definition) is 1. The number of hydrogen-bond acceptors (Lipinski definition) is 5. The highest BCUT2D eigenvalue weighted by Crippen LogP contribution is 2.25. The molecule has 0 aliphatic heterocycles. The molecule has 140 valence electrons. The third-order valence-electron chi connectivity index (χ3n) is 3.70. The number of sulfonamides is 1. The van der Waals surface area contributed by atoms with Gasteiger partial charge in [-0.2, -0.15) is 0 Å². The Balaban J connectivity index is 2.26. The summed E-state index contributed by atoms with van der Waals surface area (Å²) in [7, 11) is -2.44. The Bertz CT molecular complexity index is 891. The summed E-state index contributed by atoms with van der Waals surface area (Å²) in [5, 5.41) is 0. The fraction of sp³-hybridized carbons (Fsp3) is 0.316. The Kier molecular flexibility index (Phi) is 6.39. The highest BCUT2D eigenvalue weighted by atomic mass is 32.2. The van der Waals surface area contributed by atoms with Gasteiger partial charge in [-0.05, 0) is 50.1 Å². The van der Waals surface area contributed by atoms with Gasteiger partial charge in [0.25, 0.3) is 0 Å². The summed E-state index contributed by atoms with van der Waals surface area (Å²) in [4.78, 5) is 12.3. The predicted octanol–water partition coefficient (Wildman–Crippen LogP) is 3.05. The van der Waals surface area contributed by atoms with Crippen molar-refractivity contribution in [3.8, 4) is 5.75 Å². The maximum Gasteiger partial charge on any atom is 0.338 e. The first-order valence-corrected chi connectivity index (χ1v) is 9.65. The van der Waals surface area contributed by atoms with E-state index in [0.717, 1.165) is 11.1 Å². The maximum atomic E-state index is 12.5. The van der Waals surface area contributed by atoms with E-state index in [-0.39, 0.29) is 28.9 Å². The van der Waals surface area contributed by atoms with Crippen LogP contribution in [0.3, 0.4) is 0 Å². The molecule has 0 fully saturated rings. The van der Waals surface area contributed by atoms with Gasteiger partial charge in [-0.25, -0.2) is 17.9 Å². The molecule has 2 rings (SSSR count). The topological polar surface area (TPSA) is 81.7 Å². The van der Waals surface area contributed by atoms with Gasteiger partial charge in [-0.1, -0.05) is 24.3 Å². The van der Waals surface area contributed by atoms with Gasteiger partial charge in [0.1, 0.15) is 17.3 Å². The number of carbonyl (C=O) groups is 1. The minimum atomic E-state index is -3.81. The van der Waals surface area contributed by atoms with Crippen LogP contribution in [-0.2, 0) is 21.4 Å². The van der Waals surface area contributed by atoms with Gasteiger partial charge >= 0.3 is 5.97 Å². The number of aryl methyl sites for hydroxylation is 1. The zero-order chi connectivity index (χ0) is 19.3. The second-order valence-corrected chi connectivity index (χ2v) is 7.83. The van der Waals surface area contributed by atoms with Crippen molar-refractivity contribution in [3.63, 3.8) is 0 Å². The van der Waals surface area contributed by atoms with E-state index in [2.05, 4.69) is 4.72 Å². The molecular formula is C19H23NO5S. The van der Waals surface area contributed by atoms with Gasteiger partial charge in [0.05, 0.1) is 12.7 Å². The van der Waals surface area contributed by atoms with E-state index in [1.54, 1.807) is 13.8 Å². The van der Waals surface area contributed by atoms with Crippen LogP contribution in [0, 0.1) is 6.92 Å². The van der Waals surface area contributed by atoms with Gasteiger partial charge in [0.2, 0.25) is 10.0 Å². The molecule has 7 heteroatoms. The number of benzene rings is 2. The van der Waals surface area contributed by atoms with Gasteiger partial charge in [-0.15, -0.1) is 0 Å². The fourth-order valence-corrected chi connectivity index (χ4v) is 3.83. The van der Waals surface area contributed by atoms with Crippen LogP contribution in [0.2, 0.25) is 0 Å². The lowest BCUT2D eigenvalue weighted by molar-refractivity contribution is 0.0472. The van der Waals surface area contributed by atoms with E-state index < -0.39 is 16.0 Å². The summed E-state index contributed by atoms with van der Waals surface area (Å²) >= 11 is 0. The molecule has 0 bridgehead atoms. The molecule has 2 aromatic carbocycles. The quantitative estimate of drug-likeness (QED) is 0.750. The highest BCUT2D eigenvalue weighted by molar-refractivity contribution is 7.89. The average molecular weight is 377 g/mol. The summed E-state index contributed by atoms with van der Waals surface area (Å²) in [6.45, 7) is 5.47. The molecule has 0 spiro atoms. The summed E-state index contributed by atoms with van der Waals surface area (Å²) in [5.41, 5.74) is 2.05. The number of ether oxygens (including phenoxy) is 2. The Morgan fingerprint density at radius 2 is 1.85 bits per heavy atom. The molecule has 2 aromatic rings. The summed E-state index contributed by atoms with van der Waals surface area (Å²) in [5.74, 6) is -0.439. The molecule has 0 heterocycles. The van der Waals surface area contributed by atoms with Crippen LogP contribution in [-0.4, -0.2) is 27.5 Å². The molecule has 6 nitrogen and oxygen atoms in total. The molecule has 0 aliphatic carbocycles. The molecule has 26 heavy (non-hydrogen) atoms. The number of nitrogens with one attached hydrogen (secondary N) is 1. The molecule has 0 saturated carbocycles. The van der Waals surface area contributed by atoms with Crippen molar-refractivity contribution in [2.45, 2.75) is 38.3 Å². The van der Waals surface area contributed by atoms with Crippen molar-refractivity contribution in [3.05, 3.63) is 59.2 Å². The Morgan fingerprint density at radius 1 is 1.15 bits per heavy atom. The van der Waals surface area contributed by atoms with Crippen molar-refractivity contribution in [1.82, 2.24) is 4.72 Å². The normalized spacial score (nSPS) is 11.4. The van der Waals surface area contributed by atoms with Crippen molar-refractivity contribution in [1.29, 1.82) is 0 Å². The van der Waals surface area contributed by atoms with Crippen LogP contribution in [0.15, 0.2) is 47.4 Å². The van der Waals surface area contributed by atoms with E-state index in [1.807, 2.05) is 31.2 Å². The summed E-state index contributed by atoms with van der Waals surface area (Å²) < 4.78 is 37.9. The third-order valence-corrected chi connectivity index (χ3v) is 5.38.